The lowest BCUT2D eigenvalue weighted by Gasteiger charge is -2.26. The monoisotopic (exact) mass is 486 g/mol. The zero-order chi connectivity index (χ0) is 24.2. The molecule has 2 N–H and O–H groups in total. The Morgan fingerprint density at radius 3 is 2.60 bits per heavy atom. The lowest BCUT2D eigenvalue weighted by atomic mass is 10.1. The average Bonchev–Trinajstić information content (AvgIpc) is 3.40. The lowest BCUT2D eigenvalue weighted by Crippen LogP contribution is -2.40. The maximum Gasteiger partial charge on any atom is 0.254 e. The molecule has 1 unspecified atom stereocenters. The van der Waals surface area contributed by atoms with E-state index in [9.17, 15) is 9.90 Å². The highest BCUT2D eigenvalue weighted by Crippen LogP contribution is 2.34. The zero-order valence-electron chi connectivity index (χ0n) is 19.3. The van der Waals surface area contributed by atoms with Gasteiger partial charge in [0.15, 0.2) is 0 Å². The molecule has 1 saturated heterocycles. The Bertz CT molecular complexity index is 1310. The molecule has 5 rings (SSSR count). The fourth-order valence-corrected chi connectivity index (χ4v) is 4.90. The second-order valence-corrected chi connectivity index (χ2v) is 9.42. The van der Waals surface area contributed by atoms with Crippen LogP contribution in [0.4, 0.5) is 11.6 Å². The third-order valence-electron chi connectivity index (χ3n) is 5.85. The number of nitrogens with zero attached hydrogens (tertiary/aromatic N) is 3. The molecule has 8 heteroatoms. The minimum atomic E-state index is -0.542. The van der Waals surface area contributed by atoms with E-state index in [1.807, 2.05) is 65.6 Å². The summed E-state index contributed by atoms with van der Waals surface area (Å²) in [6.45, 7) is 4.19. The molecule has 0 bridgehead atoms. The number of amides is 1. The van der Waals surface area contributed by atoms with Crippen LogP contribution in [0, 0.1) is 0 Å². The maximum atomic E-state index is 12.7. The van der Waals surface area contributed by atoms with Gasteiger partial charge in [-0.1, -0.05) is 24.3 Å². The first-order chi connectivity index (χ1) is 17.1. The Labute approximate surface area is 208 Å². The maximum absolute atomic E-state index is 12.7. The summed E-state index contributed by atoms with van der Waals surface area (Å²) >= 11 is 1.64. The summed E-state index contributed by atoms with van der Waals surface area (Å²) in [5.41, 5.74) is 4.22. The number of nitrogens with one attached hydrogen (secondary N) is 1. The minimum Gasteiger partial charge on any atom is -0.389 e. The van der Waals surface area contributed by atoms with Crippen LogP contribution in [0.25, 0.3) is 21.0 Å². The van der Waals surface area contributed by atoms with Crippen LogP contribution in [0.2, 0.25) is 0 Å². The average molecular weight is 487 g/mol. The third kappa shape index (κ3) is 5.40. The van der Waals surface area contributed by atoms with Crippen LogP contribution in [0.15, 0.2) is 72.9 Å². The Morgan fingerprint density at radius 1 is 1.06 bits per heavy atom. The molecule has 1 aliphatic heterocycles. The molecule has 178 valence electrons. The van der Waals surface area contributed by atoms with Crippen molar-refractivity contribution in [1.29, 1.82) is 0 Å². The van der Waals surface area contributed by atoms with Gasteiger partial charge >= 0.3 is 0 Å². The number of anilines is 2. The molecule has 1 aliphatic rings. The van der Waals surface area contributed by atoms with Crippen LogP contribution < -0.4 is 5.32 Å². The van der Waals surface area contributed by atoms with Gasteiger partial charge in [0.05, 0.1) is 29.9 Å². The number of benzene rings is 2. The van der Waals surface area contributed by atoms with Crippen LogP contribution >= 0.6 is 11.3 Å². The quantitative estimate of drug-likeness (QED) is 0.392. The first-order valence-corrected chi connectivity index (χ1v) is 12.3. The van der Waals surface area contributed by atoms with Gasteiger partial charge in [-0.3, -0.25) is 4.79 Å². The Hall–Kier alpha value is -3.59. The van der Waals surface area contributed by atoms with Gasteiger partial charge in [0.25, 0.3) is 5.91 Å². The number of carbonyl (C=O) groups is 1. The van der Waals surface area contributed by atoms with E-state index < -0.39 is 6.10 Å². The molecule has 1 fully saturated rings. The van der Waals surface area contributed by atoms with Crippen molar-refractivity contribution < 1.29 is 14.6 Å². The van der Waals surface area contributed by atoms with E-state index in [1.165, 1.54) is 0 Å². The van der Waals surface area contributed by atoms with Gasteiger partial charge in [0.2, 0.25) is 5.95 Å². The topological polar surface area (TPSA) is 87.6 Å². The fraction of sp³-hybridized carbons (Fsp3) is 0.222. The summed E-state index contributed by atoms with van der Waals surface area (Å²) in [7, 11) is 0. The fourth-order valence-electron chi connectivity index (χ4n) is 3.92. The molecule has 0 spiro atoms. The smallest absolute Gasteiger partial charge is 0.254 e. The van der Waals surface area contributed by atoms with Crippen molar-refractivity contribution >= 4 is 28.9 Å². The van der Waals surface area contributed by atoms with Crippen molar-refractivity contribution in [2.24, 2.45) is 0 Å². The highest BCUT2D eigenvalue weighted by atomic mass is 32.1. The number of carbonyl (C=O) groups excluding carboxylic acids is 1. The molecule has 0 saturated carbocycles. The van der Waals surface area contributed by atoms with Crippen molar-refractivity contribution in [3.05, 3.63) is 84.1 Å². The van der Waals surface area contributed by atoms with Crippen molar-refractivity contribution in [1.82, 2.24) is 14.9 Å². The van der Waals surface area contributed by atoms with Gasteiger partial charge in [-0.2, -0.15) is 0 Å². The third-order valence-corrected chi connectivity index (χ3v) is 7.01. The standard InChI is InChI=1S/C27H26N4O3S/c1-18(32)21-3-2-4-22(17-21)29-27-28-12-11-23(30-27)25-10-9-24(35-25)19-5-7-20(8-6-19)26(33)31-13-15-34-16-14-31/h2-12,17-18,32H,13-16H2,1H3,(H,28,29,30). The molecule has 3 heterocycles. The van der Waals surface area contributed by atoms with Crippen LogP contribution in [-0.4, -0.2) is 52.2 Å². The first kappa shape index (κ1) is 23.2. The second kappa shape index (κ2) is 10.4. The largest absolute Gasteiger partial charge is 0.389 e. The van der Waals surface area contributed by atoms with Crippen LogP contribution in [0.1, 0.15) is 28.9 Å². The Balaban J connectivity index is 1.30. The zero-order valence-corrected chi connectivity index (χ0v) is 20.2. The minimum absolute atomic E-state index is 0.0479. The summed E-state index contributed by atoms with van der Waals surface area (Å²) < 4.78 is 5.34. The van der Waals surface area contributed by atoms with E-state index in [2.05, 4.69) is 21.4 Å². The molecule has 1 atom stereocenters. The Kier molecular flexibility index (Phi) is 6.85. The molecular formula is C27H26N4O3S. The van der Waals surface area contributed by atoms with E-state index in [1.54, 1.807) is 24.5 Å². The molecule has 2 aromatic carbocycles. The molecule has 4 aromatic rings. The highest BCUT2D eigenvalue weighted by Gasteiger charge is 2.18. The van der Waals surface area contributed by atoms with Crippen molar-refractivity contribution in [2.75, 3.05) is 31.6 Å². The lowest BCUT2D eigenvalue weighted by molar-refractivity contribution is 0.0303. The molecule has 0 aliphatic carbocycles. The molecule has 7 nitrogen and oxygen atoms in total. The number of aliphatic hydroxyl groups is 1. The predicted molar refractivity (Wildman–Crippen MR) is 138 cm³/mol. The molecule has 1 amide bonds. The number of hydrogen-bond acceptors (Lipinski definition) is 7. The number of thiophene rings is 1. The van der Waals surface area contributed by atoms with E-state index in [0.717, 1.165) is 32.3 Å². The van der Waals surface area contributed by atoms with Crippen molar-refractivity contribution in [3.63, 3.8) is 0 Å². The summed E-state index contributed by atoms with van der Waals surface area (Å²) in [4.78, 5) is 25.7. The number of aromatic nitrogens is 2. The number of aliphatic hydroxyl groups excluding tert-OH is 1. The van der Waals surface area contributed by atoms with Gasteiger partial charge in [-0.15, -0.1) is 11.3 Å². The summed E-state index contributed by atoms with van der Waals surface area (Å²) in [6, 6.07) is 21.3. The number of ether oxygens (including phenoxy) is 1. The van der Waals surface area contributed by atoms with Gasteiger partial charge in [0.1, 0.15) is 0 Å². The van der Waals surface area contributed by atoms with E-state index in [4.69, 9.17) is 4.74 Å². The van der Waals surface area contributed by atoms with Gasteiger partial charge in [0, 0.05) is 35.4 Å². The van der Waals surface area contributed by atoms with Crippen LogP contribution in [0.3, 0.4) is 0 Å². The summed E-state index contributed by atoms with van der Waals surface area (Å²) in [6.07, 6.45) is 1.19. The second-order valence-electron chi connectivity index (χ2n) is 8.34. The van der Waals surface area contributed by atoms with E-state index >= 15 is 0 Å². The van der Waals surface area contributed by atoms with Crippen LogP contribution in [-0.2, 0) is 4.74 Å². The highest BCUT2D eigenvalue weighted by molar-refractivity contribution is 7.18. The normalized spacial score (nSPS) is 14.5. The van der Waals surface area contributed by atoms with E-state index in [0.29, 0.717) is 37.8 Å². The molecule has 0 radical (unpaired) electrons. The molecular weight excluding hydrogens is 460 g/mol. The summed E-state index contributed by atoms with van der Waals surface area (Å²) in [5.74, 6) is 0.540. The number of hydrogen-bond donors (Lipinski definition) is 2. The Morgan fingerprint density at radius 2 is 1.83 bits per heavy atom. The van der Waals surface area contributed by atoms with Crippen LogP contribution in [0.5, 0.6) is 0 Å². The SMILES string of the molecule is CC(O)c1cccc(Nc2nccc(-c3ccc(-c4ccc(C(=O)N5CCOCC5)cc4)s3)n2)c1. The molecule has 35 heavy (non-hydrogen) atoms. The van der Waals surface area contributed by atoms with Crippen molar-refractivity contribution in [3.8, 4) is 21.0 Å². The number of rotatable bonds is 6. The van der Waals surface area contributed by atoms with Gasteiger partial charge < -0.3 is 20.1 Å². The van der Waals surface area contributed by atoms with Crippen molar-refractivity contribution in [2.45, 2.75) is 13.0 Å². The number of morpholine rings is 1. The predicted octanol–water partition coefficient (Wildman–Crippen LogP) is 5.14. The van der Waals surface area contributed by atoms with Gasteiger partial charge in [-0.25, -0.2) is 9.97 Å². The summed E-state index contributed by atoms with van der Waals surface area (Å²) in [5, 5.41) is 13.0. The molecule has 2 aromatic heterocycles. The first-order valence-electron chi connectivity index (χ1n) is 11.5. The van der Waals surface area contributed by atoms with E-state index in [-0.39, 0.29) is 5.91 Å². The van der Waals surface area contributed by atoms with Gasteiger partial charge in [-0.05, 0) is 60.5 Å².